The molecule has 2 saturated heterocycles. The summed E-state index contributed by atoms with van der Waals surface area (Å²) in [5, 5.41) is 11.9. The monoisotopic (exact) mass is 309 g/mol. The van der Waals surface area contributed by atoms with Crippen molar-refractivity contribution in [3.8, 4) is 0 Å². The number of fused-ring (bicyclic) bond motifs is 1. The van der Waals surface area contributed by atoms with Crippen LogP contribution in [0.5, 0.6) is 0 Å². The zero-order valence-electron chi connectivity index (χ0n) is 12.2. The Balaban J connectivity index is 1.57. The van der Waals surface area contributed by atoms with Gasteiger partial charge in [0.05, 0.1) is 24.5 Å². The first-order valence-electron chi connectivity index (χ1n) is 7.54. The minimum atomic E-state index is -0.609. The number of nitrogens with zero attached hydrogens (tertiary/aromatic N) is 2. The molecular formula is C15H20FN3O3. The lowest BCUT2D eigenvalue weighted by Gasteiger charge is -2.34. The fourth-order valence-corrected chi connectivity index (χ4v) is 3.19. The van der Waals surface area contributed by atoms with Crippen molar-refractivity contribution in [2.45, 2.75) is 31.0 Å². The van der Waals surface area contributed by atoms with Gasteiger partial charge in [-0.1, -0.05) is 0 Å². The summed E-state index contributed by atoms with van der Waals surface area (Å²) in [5.74, 6) is -1.01. The summed E-state index contributed by atoms with van der Waals surface area (Å²) in [4.78, 5) is 18.1. The van der Waals surface area contributed by atoms with E-state index in [1.54, 1.807) is 0 Å². The number of aliphatic hydroxyl groups is 1. The van der Waals surface area contributed by atoms with Gasteiger partial charge in [-0.3, -0.25) is 14.7 Å². The SMILES string of the molecule is O=C(N[C@H]1C[C@H]2CO[C@@H](CCO)CN2C1)c1ccncc1F. The van der Waals surface area contributed by atoms with Gasteiger partial charge >= 0.3 is 0 Å². The molecule has 6 nitrogen and oxygen atoms in total. The number of aromatic nitrogens is 1. The van der Waals surface area contributed by atoms with Crippen LogP contribution >= 0.6 is 0 Å². The van der Waals surface area contributed by atoms with Crippen LogP contribution in [0.4, 0.5) is 4.39 Å². The van der Waals surface area contributed by atoms with Crippen molar-refractivity contribution in [3.63, 3.8) is 0 Å². The minimum absolute atomic E-state index is 0.0125. The number of aliphatic hydroxyl groups excluding tert-OH is 1. The van der Waals surface area contributed by atoms with Crippen LogP contribution in [0.1, 0.15) is 23.2 Å². The molecule has 3 atom stereocenters. The molecule has 0 bridgehead atoms. The van der Waals surface area contributed by atoms with Crippen molar-refractivity contribution < 1.29 is 19.0 Å². The summed E-state index contributed by atoms with van der Waals surface area (Å²) >= 11 is 0. The van der Waals surface area contributed by atoms with Crippen LogP contribution in [-0.2, 0) is 4.74 Å². The first-order valence-corrected chi connectivity index (χ1v) is 7.54. The van der Waals surface area contributed by atoms with Crippen LogP contribution in [-0.4, -0.2) is 65.4 Å². The van der Waals surface area contributed by atoms with Crippen LogP contribution in [0.3, 0.4) is 0 Å². The number of carbonyl (C=O) groups is 1. The Bertz CT molecular complexity index is 543. The highest BCUT2D eigenvalue weighted by atomic mass is 19.1. The third-order valence-corrected chi connectivity index (χ3v) is 4.29. The van der Waals surface area contributed by atoms with Crippen LogP contribution < -0.4 is 5.32 Å². The molecule has 3 rings (SSSR count). The average molecular weight is 309 g/mol. The van der Waals surface area contributed by atoms with E-state index in [-0.39, 0.29) is 30.4 Å². The van der Waals surface area contributed by atoms with E-state index in [9.17, 15) is 9.18 Å². The molecule has 0 aliphatic carbocycles. The first kappa shape index (κ1) is 15.3. The Hall–Kier alpha value is -1.57. The number of morpholine rings is 1. The van der Waals surface area contributed by atoms with E-state index in [4.69, 9.17) is 9.84 Å². The van der Waals surface area contributed by atoms with Crippen molar-refractivity contribution >= 4 is 5.91 Å². The second-order valence-corrected chi connectivity index (χ2v) is 5.84. The number of nitrogens with one attached hydrogen (secondary N) is 1. The predicted molar refractivity (Wildman–Crippen MR) is 76.9 cm³/mol. The van der Waals surface area contributed by atoms with E-state index < -0.39 is 11.7 Å². The molecule has 3 heterocycles. The quantitative estimate of drug-likeness (QED) is 0.830. The molecule has 1 amide bonds. The van der Waals surface area contributed by atoms with Crippen molar-refractivity contribution in [2.75, 3.05) is 26.3 Å². The maximum Gasteiger partial charge on any atom is 0.254 e. The van der Waals surface area contributed by atoms with Gasteiger partial charge in [0.1, 0.15) is 0 Å². The summed E-state index contributed by atoms with van der Waals surface area (Å²) in [5.41, 5.74) is 0.0225. The Morgan fingerprint density at radius 1 is 1.55 bits per heavy atom. The second-order valence-electron chi connectivity index (χ2n) is 5.84. The molecular weight excluding hydrogens is 289 g/mol. The van der Waals surface area contributed by atoms with Gasteiger partial charge in [0.25, 0.3) is 5.91 Å². The number of hydrogen-bond acceptors (Lipinski definition) is 5. The zero-order valence-corrected chi connectivity index (χ0v) is 12.2. The van der Waals surface area contributed by atoms with Gasteiger partial charge in [0.15, 0.2) is 5.82 Å². The highest BCUT2D eigenvalue weighted by Gasteiger charge is 2.37. The third-order valence-electron chi connectivity index (χ3n) is 4.29. The standard InChI is InChI=1S/C15H20FN3O3/c16-14-6-17-3-1-13(14)15(21)18-10-5-11-9-22-12(2-4-20)8-19(11)7-10/h1,3,6,10-12,20H,2,4-5,7-9H2,(H,18,21)/t10-,11-,12-/m0/s1. The predicted octanol–water partition coefficient (Wildman–Crippen LogP) is 0.175. The Kier molecular flexibility index (Phi) is 4.66. The first-order chi connectivity index (χ1) is 10.7. The molecule has 2 aliphatic rings. The van der Waals surface area contributed by atoms with E-state index in [0.29, 0.717) is 13.0 Å². The second kappa shape index (κ2) is 6.68. The molecule has 120 valence electrons. The molecule has 2 aliphatic heterocycles. The van der Waals surface area contributed by atoms with Gasteiger partial charge < -0.3 is 15.2 Å². The summed E-state index contributed by atoms with van der Waals surface area (Å²) in [6.07, 6.45) is 3.92. The lowest BCUT2D eigenvalue weighted by atomic mass is 10.1. The highest BCUT2D eigenvalue weighted by Crippen LogP contribution is 2.24. The topological polar surface area (TPSA) is 74.7 Å². The van der Waals surface area contributed by atoms with Crippen molar-refractivity contribution in [1.29, 1.82) is 0 Å². The van der Waals surface area contributed by atoms with Gasteiger partial charge in [-0.2, -0.15) is 0 Å². The Morgan fingerprint density at radius 2 is 2.41 bits per heavy atom. The molecule has 7 heteroatoms. The number of carbonyl (C=O) groups excluding carboxylic acids is 1. The van der Waals surface area contributed by atoms with Crippen LogP contribution in [0.15, 0.2) is 18.5 Å². The summed E-state index contributed by atoms with van der Waals surface area (Å²) in [6.45, 7) is 2.22. The van der Waals surface area contributed by atoms with Crippen molar-refractivity contribution in [3.05, 3.63) is 29.8 Å². The largest absolute Gasteiger partial charge is 0.396 e. The van der Waals surface area contributed by atoms with E-state index >= 15 is 0 Å². The van der Waals surface area contributed by atoms with Crippen LogP contribution in [0.25, 0.3) is 0 Å². The maximum absolute atomic E-state index is 13.6. The van der Waals surface area contributed by atoms with Crippen molar-refractivity contribution in [1.82, 2.24) is 15.2 Å². The number of ether oxygens (including phenoxy) is 1. The van der Waals surface area contributed by atoms with Crippen molar-refractivity contribution in [2.24, 2.45) is 0 Å². The minimum Gasteiger partial charge on any atom is -0.396 e. The molecule has 22 heavy (non-hydrogen) atoms. The average Bonchev–Trinajstić information content (AvgIpc) is 2.89. The molecule has 0 saturated carbocycles. The third kappa shape index (κ3) is 3.26. The van der Waals surface area contributed by atoms with Crippen LogP contribution in [0.2, 0.25) is 0 Å². The van der Waals surface area contributed by atoms with Gasteiger partial charge in [-0.05, 0) is 18.9 Å². The van der Waals surface area contributed by atoms with E-state index in [2.05, 4.69) is 15.2 Å². The lowest BCUT2D eigenvalue weighted by molar-refractivity contribution is -0.0566. The van der Waals surface area contributed by atoms with Gasteiger partial charge in [0, 0.05) is 38.0 Å². The van der Waals surface area contributed by atoms with Gasteiger partial charge in [-0.25, -0.2) is 4.39 Å². The summed E-state index contributed by atoms with van der Waals surface area (Å²) < 4.78 is 19.3. The smallest absolute Gasteiger partial charge is 0.254 e. The number of rotatable bonds is 4. The number of hydrogen-bond donors (Lipinski definition) is 2. The molecule has 0 unspecified atom stereocenters. The van der Waals surface area contributed by atoms with E-state index in [0.717, 1.165) is 25.7 Å². The highest BCUT2D eigenvalue weighted by molar-refractivity contribution is 5.94. The van der Waals surface area contributed by atoms with Gasteiger partial charge in [0.2, 0.25) is 0 Å². The summed E-state index contributed by atoms with van der Waals surface area (Å²) in [6, 6.07) is 1.65. The molecule has 2 fully saturated rings. The fourth-order valence-electron chi connectivity index (χ4n) is 3.19. The molecule has 1 aromatic heterocycles. The van der Waals surface area contributed by atoms with E-state index in [1.165, 1.54) is 12.3 Å². The Labute approximate surface area is 128 Å². The molecule has 2 N–H and O–H groups in total. The fraction of sp³-hybridized carbons (Fsp3) is 0.600. The Morgan fingerprint density at radius 3 is 3.18 bits per heavy atom. The summed E-state index contributed by atoms with van der Waals surface area (Å²) in [7, 11) is 0. The van der Waals surface area contributed by atoms with Gasteiger partial charge in [-0.15, -0.1) is 0 Å². The number of amides is 1. The maximum atomic E-state index is 13.6. The number of halogens is 1. The normalized spacial score (nSPS) is 28.4. The molecule has 0 radical (unpaired) electrons. The zero-order chi connectivity index (χ0) is 15.5. The molecule has 0 spiro atoms. The van der Waals surface area contributed by atoms with E-state index in [1.807, 2.05) is 0 Å². The number of pyridine rings is 1. The lowest BCUT2D eigenvalue weighted by Crippen LogP contribution is -2.46. The van der Waals surface area contributed by atoms with Crippen LogP contribution in [0, 0.1) is 5.82 Å². The molecule has 1 aromatic rings. The molecule has 0 aromatic carbocycles.